The first-order valence-corrected chi connectivity index (χ1v) is 8.00. The molecular formula is C17H14Cl3NO. The fourth-order valence-corrected chi connectivity index (χ4v) is 3.41. The molecule has 0 radical (unpaired) electrons. The first-order chi connectivity index (χ1) is 10.3. The Hall–Kier alpha value is -1.22. The van der Waals surface area contributed by atoms with Gasteiger partial charge in [-0.1, -0.05) is 36.7 Å². The molecule has 0 saturated heterocycles. The van der Waals surface area contributed by atoms with Crippen molar-refractivity contribution in [2.45, 2.75) is 23.1 Å². The van der Waals surface area contributed by atoms with Gasteiger partial charge < -0.3 is 5.32 Å². The molecule has 1 amide bonds. The average Bonchev–Trinajstić information content (AvgIpc) is 2.99. The van der Waals surface area contributed by atoms with E-state index in [4.69, 9.17) is 34.8 Å². The Morgan fingerprint density at radius 3 is 2.32 bits per heavy atom. The van der Waals surface area contributed by atoms with E-state index in [0.717, 1.165) is 12.0 Å². The second-order valence-electron chi connectivity index (χ2n) is 5.76. The second kappa shape index (κ2) is 5.45. The Bertz CT molecular complexity index is 727. The molecule has 0 unspecified atom stereocenters. The molecule has 1 saturated carbocycles. The number of rotatable bonds is 3. The largest absolute Gasteiger partial charge is 0.322 e. The Balaban J connectivity index is 1.73. The summed E-state index contributed by atoms with van der Waals surface area (Å²) < 4.78 is -0.696. The van der Waals surface area contributed by atoms with E-state index in [2.05, 4.69) is 5.32 Å². The zero-order valence-electron chi connectivity index (χ0n) is 11.9. The minimum absolute atomic E-state index is 0.197. The fraction of sp³-hybridized carbons (Fsp3) is 0.235. The van der Waals surface area contributed by atoms with E-state index in [1.54, 1.807) is 24.3 Å². The molecule has 2 nitrogen and oxygen atoms in total. The number of alkyl halides is 2. The van der Waals surface area contributed by atoms with Crippen molar-refractivity contribution >= 4 is 46.4 Å². The van der Waals surface area contributed by atoms with Crippen molar-refractivity contribution < 1.29 is 4.79 Å². The van der Waals surface area contributed by atoms with Gasteiger partial charge in [-0.2, -0.15) is 0 Å². The molecule has 0 aromatic heterocycles. The molecule has 0 heterocycles. The SMILES string of the molecule is C[C@@]1(c2ccc(NC(=O)c3cccc(Cl)c3)cc2)CC1(Cl)Cl. The van der Waals surface area contributed by atoms with Gasteiger partial charge in [0.25, 0.3) is 5.91 Å². The van der Waals surface area contributed by atoms with Crippen LogP contribution < -0.4 is 5.32 Å². The van der Waals surface area contributed by atoms with Crippen LogP contribution >= 0.6 is 34.8 Å². The van der Waals surface area contributed by atoms with Crippen LogP contribution in [-0.2, 0) is 5.41 Å². The van der Waals surface area contributed by atoms with Crippen molar-refractivity contribution in [2.24, 2.45) is 0 Å². The topological polar surface area (TPSA) is 29.1 Å². The van der Waals surface area contributed by atoms with Crippen molar-refractivity contribution in [1.82, 2.24) is 0 Å². The van der Waals surface area contributed by atoms with Crippen LogP contribution in [0.5, 0.6) is 0 Å². The molecule has 0 spiro atoms. The fourth-order valence-electron chi connectivity index (χ4n) is 2.47. The highest BCUT2D eigenvalue weighted by Gasteiger charge is 2.63. The van der Waals surface area contributed by atoms with Crippen molar-refractivity contribution in [1.29, 1.82) is 0 Å². The first kappa shape index (κ1) is 15.7. The van der Waals surface area contributed by atoms with Crippen LogP contribution in [0.25, 0.3) is 0 Å². The number of carbonyl (C=O) groups excluding carboxylic acids is 1. The third-order valence-corrected chi connectivity index (χ3v) is 5.46. The highest BCUT2D eigenvalue weighted by Crippen LogP contribution is 2.64. The lowest BCUT2D eigenvalue weighted by atomic mass is 9.98. The zero-order valence-corrected chi connectivity index (χ0v) is 14.1. The molecule has 114 valence electrons. The van der Waals surface area contributed by atoms with Crippen LogP contribution in [0, 0.1) is 0 Å². The second-order valence-corrected chi connectivity index (χ2v) is 7.68. The lowest BCUT2D eigenvalue weighted by Crippen LogP contribution is -2.13. The van der Waals surface area contributed by atoms with Gasteiger partial charge in [0.15, 0.2) is 0 Å². The van der Waals surface area contributed by atoms with Gasteiger partial charge in [-0.3, -0.25) is 4.79 Å². The van der Waals surface area contributed by atoms with Gasteiger partial charge in [-0.25, -0.2) is 0 Å². The molecule has 1 aliphatic rings. The molecule has 2 aromatic carbocycles. The minimum Gasteiger partial charge on any atom is -0.322 e. The summed E-state index contributed by atoms with van der Waals surface area (Å²) in [6.07, 6.45) is 0.733. The molecule has 0 bridgehead atoms. The van der Waals surface area contributed by atoms with Gasteiger partial charge in [-0.15, -0.1) is 23.2 Å². The number of amides is 1. The number of halogens is 3. The van der Waals surface area contributed by atoms with Crippen molar-refractivity contribution in [3.05, 3.63) is 64.7 Å². The third kappa shape index (κ3) is 2.83. The van der Waals surface area contributed by atoms with Gasteiger partial charge in [0.2, 0.25) is 0 Å². The summed E-state index contributed by atoms with van der Waals surface area (Å²) in [7, 11) is 0. The van der Waals surface area contributed by atoms with Gasteiger partial charge in [0, 0.05) is 21.7 Å². The van der Waals surface area contributed by atoms with Gasteiger partial charge in [0.05, 0.1) is 0 Å². The standard InChI is InChI=1S/C17H14Cl3NO/c1-16(10-17(16,19)20)12-5-7-14(8-6-12)21-15(22)11-3-2-4-13(18)9-11/h2-9H,10H2,1H3,(H,21,22)/t16-/m0/s1. The summed E-state index contributed by atoms with van der Waals surface area (Å²) in [4.78, 5) is 12.2. The van der Waals surface area contributed by atoms with Crippen LogP contribution in [0.1, 0.15) is 29.3 Å². The number of hydrogen-bond donors (Lipinski definition) is 1. The van der Waals surface area contributed by atoms with Crippen molar-refractivity contribution in [3.8, 4) is 0 Å². The van der Waals surface area contributed by atoms with E-state index in [1.165, 1.54) is 0 Å². The number of nitrogens with one attached hydrogen (secondary N) is 1. The van der Waals surface area contributed by atoms with Gasteiger partial charge >= 0.3 is 0 Å². The van der Waals surface area contributed by atoms with E-state index < -0.39 is 4.33 Å². The van der Waals surface area contributed by atoms with Crippen LogP contribution in [0.4, 0.5) is 5.69 Å². The molecular weight excluding hydrogens is 341 g/mol. The van der Waals surface area contributed by atoms with Crippen molar-refractivity contribution in [3.63, 3.8) is 0 Å². The van der Waals surface area contributed by atoms with Crippen LogP contribution in [-0.4, -0.2) is 10.2 Å². The maximum absolute atomic E-state index is 12.2. The molecule has 5 heteroatoms. The average molecular weight is 355 g/mol. The van der Waals surface area contributed by atoms with Crippen LogP contribution in [0.3, 0.4) is 0 Å². The van der Waals surface area contributed by atoms with E-state index in [0.29, 0.717) is 16.3 Å². The Morgan fingerprint density at radius 1 is 1.14 bits per heavy atom. The van der Waals surface area contributed by atoms with Crippen LogP contribution in [0.2, 0.25) is 5.02 Å². The molecule has 1 fully saturated rings. The maximum Gasteiger partial charge on any atom is 0.255 e. The zero-order chi connectivity index (χ0) is 16.0. The number of hydrogen-bond acceptors (Lipinski definition) is 1. The summed E-state index contributed by atoms with van der Waals surface area (Å²) in [6.45, 7) is 2.03. The monoisotopic (exact) mass is 353 g/mol. The number of benzene rings is 2. The van der Waals surface area contributed by atoms with E-state index in [9.17, 15) is 4.79 Å². The van der Waals surface area contributed by atoms with Gasteiger partial charge in [0.1, 0.15) is 4.33 Å². The first-order valence-electron chi connectivity index (χ1n) is 6.87. The summed E-state index contributed by atoms with van der Waals surface area (Å²) in [5.74, 6) is -0.197. The molecule has 0 aliphatic heterocycles. The van der Waals surface area contributed by atoms with E-state index in [1.807, 2.05) is 31.2 Å². The molecule has 1 aliphatic carbocycles. The normalized spacial score (nSPS) is 22.2. The number of carbonyl (C=O) groups is 1. The number of anilines is 1. The lowest BCUT2D eigenvalue weighted by molar-refractivity contribution is 0.102. The molecule has 3 rings (SSSR count). The Morgan fingerprint density at radius 2 is 1.77 bits per heavy atom. The summed E-state index contributed by atoms with van der Waals surface area (Å²) in [5, 5.41) is 3.37. The smallest absolute Gasteiger partial charge is 0.255 e. The summed E-state index contributed by atoms with van der Waals surface area (Å²) in [5.41, 5.74) is 2.09. The molecule has 2 aromatic rings. The predicted octanol–water partition coefficient (Wildman–Crippen LogP) is 5.43. The Kier molecular flexibility index (Phi) is 3.88. The lowest BCUT2D eigenvalue weighted by Gasteiger charge is -2.13. The van der Waals surface area contributed by atoms with E-state index in [-0.39, 0.29) is 11.3 Å². The van der Waals surface area contributed by atoms with Gasteiger partial charge in [-0.05, 0) is 42.3 Å². The Labute approximate surface area is 144 Å². The summed E-state index contributed by atoms with van der Waals surface area (Å²) >= 11 is 18.3. The molecule has 22 heavy (non-hydrogen) atoms. The predicted molar refractivity (Wildman–Crippen MR) is 92.3 cm³/mol. The third-order valence-electron chi connectivity index (χ3n) is 4.12. The highest BCUT2D eigenvalue weighted by molar-refractivity contribution is 6.52. The summed E-state index contributed by atoms with van der Waals surface area (Å²) in [6, 6.07) is 14.4. The highest BCUT2D eigenvalue weighted by atomic mass is 35.5. The molecule has 1 N–H and O–H groups in total. The van der Waals surface area contributed by atoms with Crippen LogP contribution in [0.15, 0.2) is 48.5 Å². The van der Waals surface area contributed by atoms with E-state index >= 15 is 0 Å². The molecule has 1 atom stereocenters. The maximum atomic E-state index is 12.2. The van der Waals surface area contributed by atoms with Crippen molar-refractivity contribution in [2.75, 3.05) is 5.32 Å². The quantitative estimate of drug-likeness (QED) is 0.732. The minimum atomic E-state index is -0.696.